The Morgan fingerprint density at radius 2 is 1.29 bits per heavy atom. The molecule has 0 aromatic heterocycles. The summed E-state index contributed by atoms with van der Waals surface area (Å²) in [5, 5.41) is 0. The van der Waals surface area contributed by atoms with Gasteiger partial charge in [-0.2, -0.15) is 0 Å². The lowest BCUT2D eigenvalue weighted by molar-refractivity contribution is 0.0603. The number of hydrogen-bond acceptors (Lipinski definition) is 3. The summed E-state index contributed by atoms with van der Waals surface area (Å²) in [5.41, 5.74) is 3.46. The largest absolute Gasteiger partial charge is 0.301 e. The van der Waals surface area contributed by atoms with Gasteiger partial charge in [0.15, 0.2) is 0 Å². The topological polar surface area (TPSA) is 9.72 Å². The molecule has 0 spiro atoms. The van der Waals surface area contributed by atoms with Crippen molar-refractivity contribution in [1.82, 2.24) is 14.7 Å². The molecule has 0 N–H and O–H groups in total. The summed E-state index contributed by atoms with van der Waals surface area (Å²) in [4.78, 5) is 8.01. The van der Waals surface area contributed by atoms with Crippen molar-refractivity contribution < 1.29 is 0 Å². The second kappa shape index (κ2) is 8.85. The molecule has 3 heteroatoms. The molecule has 0 bridgehead atoms. The third-order valence-corrected chi connectivity index (χ3v) is 6.77. The van der Waals surface area contributed by atoms with Crippen LogP contribution in [0.3, 0.4) is 0 Å². The lowest BCUT2D eigenvalue weighted by Gasteiger charge is -2.43. The Kier molecular flexibility index (Phi) is 6.89. The van der Waals surface area contributed by atoms with Crippen molar-refractivity contribution in [2.45, 2.75) is 71.9 Å². The van der Waals surface area contributed by atoms with Gasteiger partial charge in [-0.15, -0.1) is 0 Å². The number of likely N-dealkylation sites (tertiary alicyclic amines) is 1. The van der Waals surface area contributed by atoms with Gasteiger partial charge in [-0.1, -0.05) is 45.0 Å². The molecule has 3 rings (SSSR count). The average Bonchev–Trinajstić information content (AvgIpc) is 2.63. The van der Waals surface area contributed by atoms with Crippen LogP contribution in [0.5, 0.6) is 0 Å². The molecule has 1 aromatic rings. The van der Waals surface area contributed by atoms with E-state index in [1.165, 1.54) is 69.8 Å². The van der Waals surface area contributed by atoms with E-state index in [0.29, 0.717) is 5.54 Å². The Morgan fingerprint density at radius 3 is 1.79 bits per heavy atom. The fourth-order valence-corrected chi connectivity index (χ4v) is 4.65. The fourth-order valence-electron chi connectivity index (χ4n) is 4.65. The van der Waals surface area contributed by atoms with E-state index in [0.717, 1.165) is 12.5 Å². The molecule has 0 saturated carbocycles. The van der Waals surface area contributed by atoms with Crippen LogP contribution in [-0.2, 0) is 12.0 Å². The third-order valence-electron chi connectivity index (χ3n) is 6.77. The maximum atomic E-state index is 2.72. The molecule has 1 aromatic carbocycles. The minimum atomic E-state index is 0.243. The zero-order valence-electron chi connectivity index (χ0n) is 19.3. The van der Waals surface area contributed by atoms with Crippen LogP contribution in [0.1, 0.15) is 65.5 Å². The fraction of sp³-hybridized carbons (Fsp3) is 0.760. The second-order valence-electron chi connectivity index (χ2n) is 11.1. The molecule has 2 aliphatic rings. The van der Waals surface area contributed by atoms with Crippen LogP contribution in [0.15, 0.2) is 24.3 Å². The van der Waals surface area contributed by atoms with Gasteiger partial charge in [0, 0.05) is 44.8 Å². The van der Waals surface area contributed by atoms with Crippen LogP contribution in [0.25, 0.3) is 0 Å². The van der Waals surface area contributed by atoms with Gasteiger partial charge < -0.3 is 4.90 Å². The molecule has 2 aliphatic heterocycles. The Labute approximate surface area is 174 Å². The Hall–Kier alpha value is -0.900. The predicted molar refractivity (Wildman–Crippen MR) is 121 cm³/mol. The molecule has 2 saturated heterocycles. The molecular formula is C25H43N3. The highest BCUT2D eigenvalue weighted by Crippen LogP contribution is 2.25. The molecular weight excluding hydrogens is 342 g/mol. The smallest absolute Gasteiger partial charge is 0.0234 e. The number of nitrogens with zero attached hydrogens (tertiary/aromatic N) is 3. The normalized spacial score (nSPS) is 21.9. The number of piperidine rings is 1. The molecule has 0 radical (unpaired) electrons. The molecule has 2 heterocycles. The average molecular weight is 386 g/mol. The van der Waals surface area contributed by atoms with Crippen molar-refractivity contribution in [3.05, 3.63) is 35.4 Å². The van der Waals surface area contributed by atoms with E-state index < -0.39 is 0 Å². The first-order valence-electron chi connectivity index (χ1n) is 11.4. The summed E-state index contributed by atoms with van der Waals surface area (Å²) in [5.74, 6) is 0.898. The SMILES string of the molecule is CC(C)(C)c1ccc(CN2CCN(CC3CCN(C(C)(C)C)CC3)CC2)cc1. The van der Waals surface area contributed by atoms with Crippen molar-refractivity contribution in [2.24, 2.45) is 5.92 Å². The van der Waals surface area contributed by atoms with E-state index in [9.17, 15) is 0 Å². The van der Waals surface area contributed by atoms with E-state index >= 15 is 0 Å². The Morgan fingerprint density at radius 1 is 0.750 bits per heavy atom. The third kappa shape index (κ3) is 6.05. The molecule has 0 unspecified atom stereocenters. The first-order valence-corrected chi connectivity index (χ1v) is 11.4. The van der Waals surface area contributed by atoms with Crippen LogP contribution >= 0.6 is 0 Å². The van der Waals surface area contributed by atoms with Gasteiger partial charge >= 0.3 is 0 Å². The van der Waals surface area contributed by atoms with E-state index in [4.69, 9.17) is 0 Å². The first kappa shape index (κ1) is 21.8. The standard InChI is InChI=1S/C25H43N3/c1-24(2,3)23-9-7-21(8-10-23)19-26-15-17-27(18-16-26)20-22-11-13-28(14-12-22)25(4,5)6/h7-10,22H,11-20H2,1-6H3. The number of hydrogen-bond donors (Lipinski definition) is 0. The van der Waals surface area contributed by atoms with Crippen molar-refractivity contribution in [1.29, 1.82) is 0 Å². The quantitative estimate of drug-likeness (QED) is 0.749. The van der Waals surface area contributed by atoms with Crippen molar-refractivity contribution >= 4 is 0 Å². The van der Waals surface area contributed by atoms with Gasteiger partial charge in [0.2, 0.25) is 0 Å². The van der Waals surface area contributed by atoms with E-state index in [1.54, 1.807) is 0 Å². The molecule has 0 amide bonds. The van der Waals surface area contributed by atoms with Crippen molar-refractivity contribution in [3.63, 3.8) is 0 Å². The zero-order chi connectivity index (χ0) is 20.4. The predicted octanol–water partition coefficient (Wildman–Crippen LogP) is 4.61. The van der Waals surface area contributed by atoms with Crippen molar-refractivity contribution in [3.8, 4) is 0 Å². The summed E-state index contributed by atoms with van der Waals surface area (Å²) in [6.07, 6.45) is 2.75. The lowest BCUT2D eigenvalue weighted by atomic mass is 9.87. The van der Waals surface area contributed by atoms with Crippen LogP contribution in [0.4, 0.5) is 0 Å². The summed E-state index contributed by atoms with van der Waals surface area (Å²) < 4.78 is 0. The number of benzene rings is 1. The van der Waals surface area contributed by atoms with Gasteiger partial charge in [0.05, 0.1) is 0 Å². The van der Waals surface area contributed by atoms with E-state index in [-0.39, 0.29) is 5.41 Å². The summed E-state index contributed by atoms with van der Waals surface area (Å²) in [7, 11) is 0. The minimum absolute atomic E-state index is 0.243. The zero-order valence-corrected chi connectivity index (χ0v) is 19.3. The van der Waals surface area contributed by atoms with Crippen molar-refractivity contribution in [2.75, 3.05) is 45.8 Å². The second-order valence-corrected chi connectivity index (χ2v) is 11.1. The van der Waals surface area contributed by atoms with E-state index in [2.05, 4.69) is 80.5 Å². The molecule has 28 heavy (non-hydrogen) atoms. The van der Waals surface area contributed by atoms with Crippen LogP contribution in [-0.4, -0.2) is 66.1 Å². The first-order chi connectivity index (χ1) is 13.1. The van der Waals surface area contributed by atoms with E-state index in [1.807, 2.05) is 0 Å². The monoisotopic (exact) mass is 385 g/mol. The minimum Gasteiger partial charge on any atom is -0.301 e. The lowest BCUT2D eigenvalue weighted by Crippen LogP contribution is -2.50. The molecule has 0 atom stereocenters. The highest BCUT2D eigenvalue weighted by atomic mass is 15.3. The van der Waals surface area contributed by atoms with Crippen LogP contribution < -0.4 is 0 Å². The summed E-state index contributed by atoms with van der Waals surface area (Å²) >= 11 is 0. The van der Waals surface area contributed by atoms with Crippen LogP contribution in [0.2, 0.25) is 0 Å². The van der Waals surface area contributed by atoms with Gasteiger partial charge in [-0.05, 0) is 69.2 Å². The highest BCUT2D eigenvalue weighted by Gasteiger charge is 2.28. The van der Waals surface area contributed by atoms with Gasteiger partial charge in [-0.25, -0.2) is 0 Å². The maximum Gasteiger partial charge on any atom is 0.0234 e. The van der Waals surface area contributed by atoms with Gasteiger partial charge in [0.25, 0.3) is 0 Å². The molecule has 2 fully saturated rings. The Balaban J connectivity index is 1.39. The van der Waals surface area contributed by atoms with Gasteiger partial charge in [0.1, 0.15) is 0 Å². The highest BCUT2D eigenvalue weighted by molar-refractivity contribution is 5.27. The Bertz CT molecular complexity index is 592. The van der Waals surface area contributed by atoms with Crippen LogP contribution in [0, 0.1) is 5.92 Å². The molecule has 158 valence electrons. The number of piperazine rings is 1. The number of rotatable bonds is 4. The molecule has 3 nitrogen and oxygen atoms in total. The molecule has 0 aliphatic carbocycles. The van der Waals surface area contributed by atoms with Gasteiger partial charge in [-0.3, -0.25) is 9.80 Å². The summed E-state index contributed by atoms with van der Waals surface area (Å²) in [6, 6.07) is 9.29. The maximum absolute atomic E-state index is 2.72. The summed E-state index contributed by atoms with van der Waals surface area (Å²) in [6.45, 7) is 23.8.